The average Bonchev–Trinajstić information content (AvgIpc) is 4.01. The van der Waals surface area contributed by atoms with Crippen molar-refractivity contribution in [1.29, 1.82) is 0 Å². The molecule has 20 nitrogen and oxygen atoms in total. The highest BCUT2D eigenvalue weighted by Crippen LogP contribution is 2.25. The number of benzene rings is 4. The predicted octanol–water partition coefficient (Wildman–Crippen LogP) is 2.51. The van der Waals surface area contributed by atoms with Crippen LogP contribution in [0.15, 0.2) is 122 Å². The van der Waals surface area contributed by atoms with Crippen molar-refractivity contribution in [2.75, 3.05) is 18.1 Å². The Morgan fingerprint density at radius 2 is 1.37 bits per heavy atom. The summed E-state index contributed by atoms with van der Waals surface area (Å²) in [6, 6.07) is 18.9. The van der Waals surface area contributed by atoms with Crippen molar-refractivity contribution >= 4 is 90.5 Å². The highest BCUT2D eigenvalue weighted by atomic mass is 33.1. The number of carbonyl (C=O) groups excluding carboxylic acids is 8. The zero-order valence-corrected chi connectivity index (χ0v) is 46.6. The molecule has 0 spiro atoms. The number of amides is 8. The molecule has 23 heteroatoms. The van der Waals surface area contributed by atoms with Gasteiger partial charge in [0.1, 0.15) is 48.1 Å². The molecule has 0 saturated carbocycles. The van der Waals surface area contributed by atoms with Crippen LogP contribution >= 0.6 is 21.6 Å². The lowest BCUT2D eigenvalue weighted by Gasteiger charge is -2.29. The standard InChI is InChI=1S/C58H69FN12O8S2/c1-33(2)50-58(79)70-49(56(77)66-45(51(62)72)26-34-17-20-40(59)21-18-34)32-81-80-31-48(69-52(73)42(61)25-35-16-19-37-11-3-4-12-38(37)24-35)57(78)67-46(27-36-10-9-23-63-29-36)54(75)68-47(28-39-30-64-43-14-6-5-13-41(39)43)55(76)65-44(53(74)71-50)15-7-8-22-60/h3-6,9-14,16-21,23-24,29-30,33,42,44-50,64H,7-8,15,22,25-28,31-32,60-61H2,1-2H3,(H2,62,72)(H,65,76)(H,66,77)(H,67,78)(H,68,75)(H,69,73)(H,70,79)(H,71,74)/t42-,44-,45-,46-,47+,48+,49-,50-/m0/s1. The molecule has 428 valence electrons. The van der Waals surface area contributed by atoms with Gasteiger partial charge in [0, 0.05) is 60.3 Å². The molecule has 2 aromatic heterocycles. The summed E-state index contributed by atoms with van der Waals surface area (Å²) in [5, 5.41) is 22.2. The number of nitrogens with two attached hydrogens (primary N) is 3. The minimum atomic E-state index is -1.41. The first-order valence-electron chi connectivity index (χ1n) is 26.7. The van der Waals surface area contributed by atoms with Crippen LogP contribution in [0.4, 0.5) is 4.39 Å². The van der Waals surface area contributed by atoms with E-state index in [2.05, 4.69) is 47.2 Å². The molecule has 81 heavy (non-hydrogen) atoms. The number of halogens is 1. The average molecular weight is 1150 g/mol. The second kappa shape index (κ2) is 29.6. The minimum Gasteiger partial charge on any atom is -0.368 e. The molecule has 0 unspecified atom stereocenters. The van der Waals surface area contributed by atoms with E-state index in [1.807, 2.05) is 66.7 Å². The molecule has 8 atom stereocenters. The lowest BCUT2D eigenvalue weighted by atomic mass is 10.00. The molecular formula is C58H69FN12O8S2. The number of hydrogen-bond acceptors (Lipinski definition) is 13. The van der Waals surface area contributed by atoms with Crippen LogP contribution in [-0.2, 0) is 64.0 Å². The number of rotatable bonds is 18. The van der Waals surface area contributed by atoms with Gasteiger partial charge in [0.15, 0.2) is 0 Å². The summed E-state index contributed by atoms with van der Waals surface area (Å²) in [6.45, 7) is 3.64. The molecule has 4 aromatic carbocycles. The molecule has 0 aliphatic carbocycles. The van der Waals surface area contributed by atoms with Gasteiger partial charge in [-0.25, -0.2) is 4.39 Å². The molecule has 0 bridgehead atoms. The van der Waals surface area contributed by atoms with Crippen molar-refractivity contribution in [3.05, 3.63) is 150 Å². The molecule has 1 saturated heterocycles. The van der Waals surface area contributed by atoms with Crippen molar-refractivity contribution in [3.8, 4) is 0 Å². The van der Waals surface area contributed by atoms with Crippen LogP contribution in [0.25, 0.3) is 21.7 Å². The Labute approximate surface area is 476 Å². The summed E-state index contributed by atoms with van der Waals surface area (Å²) in [5.74, 6) is -7.75. The van der Waals surface area contributed by atoms with E-state index in [9.17, 15) is 42.7 Å². The summed E-state index contributed by atoms with van der Waals surface area (Å²) in [5.41, 5.74) is 21.4. The van der Waals surface area contributed by atoms with Crippen molar-refractivity contribution < 1.29 is 42.7 Å². The topological polar surface area (TPSA) is 328 Å². The molecule has 0 radical (unpaired) electrons. The van der Waals surface area contributed by atoms with Crippen LogP contribution in [0.5, 0.6) is 0 Å². The number of hydrogen-bond donors (Lipinski definition) is 11. The van der Waals surface area contributed by atoms with E-state index < -0.39 is 107 Å². The molecule has 7 rings (SSSR count). The van der Waals surface area contributed by atoms with E-state index in [1.54, 1.807) is 38.4 Å². The molecule has 1 aliphatic rings. The van der Waals surface area contributed by atoms with Crippen molar-refractivity contribution in [1.82, 2.24) is 47.2 Å². The number of nitrogens with zero attached hydrogens (tertiary/aromatic N) is 1. The Kier molecular flexibility index (Phi) is 22.2. The molecule has 1 aliphatic heterocycles. The van der Waals surface area contributed by atoms with E-state index in [0.717, 1.165) is 48.8 Å². The van der Waals surface area contributed by atoms with Crippen LogP contribution in [0.2, 0.25) is 0 Å². The van der Waals surface area contributed by atoms with Crippen molar-refractivity contribution in [2.24, 2.45) is 23.1 Å². The van der Waals surface area contributed by atoms with E-state index in [4.69, 9.17) is 17.2 Å². The number of aromatic nitrogens is 2. The maximum Gasteiger partial charge on any atom is 0.244 e. The Hall–Kier alpha value is -7.86. The van der Waals surface area contributed by atoms with Gasteiger partial charge in [0.25, 0.3) is 0 Å². The van der Waals surface area contributed by atoms with Crippen LogP contribution < -0.4 is 54.4 Å². The maximum atomic E-state index is 14.9. The van der Waals surface area contributed by atoms with Gasteiger partial charge >= 0.3 is 0 Å². The number of fused-ring (bicyclic) bond motifs is 2. The predicted molar refractivity (Wildman–Crippen MR) is 311 cm³/mol. The molecular weight excluding hydrogens is 1080 g/mol. The first kappa shape index (κ1) is 60.8. The monoisotopic (exact) mass is 1140 g/mol. The summed E-state index contributed by atoms with van der Waals surface area (Å²) in [4.78, 5) is 122. The third kappa shape index (κ3) is 17.6. The first-order chi connectivity index (χ1) is 39.0. The summed E-state index contributed by atoms with van der Waals surface area (Å²) in [7, 11) is 2.09. The van der Waals surface area contributed by atoms with E-state index in [0.29, 0.717) is 29.5 Å². The highest BCUT2D eigenvalue weighted by Gasteiger charge is 2.36. The zero-order valence-electron chi connectivity index (χ0n) is 45.0. The molecule has 8 amide bonds. The highest BCUT2D eigenvalue weighted by molar-refractivity contribution is 8.76. The Morgan fingerprint density at radius 3 is 2.09 bits per heavy atom. The number of carbonyl (C=O) groups is 8. The van der Waals surface area contributed by atoms with Gasteiger partial charge in [0.05, 0.1) is 6.04 Å². The third-order valence-electron chi connectivity index (χ3n) is 13.8. The third-order valence-corrected chi connectivity index (χ3v) is 16.2. The smallest absolute Gasteiger partial charge is 0.244 e. The van der Waals surface area contributed by atoms with Crippen LogP contribution in [0.1, 0.15) is 55.4 Å². The fraction of sp³-hybridized carbons (Fsp3) is 0.362. The molecule has 6 aromatic rings. The molecule has 3 heterocycles. The van der Waals surface area contributed by atoms with Gasteiger partial charge in [-0.05, 0) is 95.4 Å². The van der Waals surface area contributed by atoms with Crippen LogP contribution in [0.3, 0.4) is 0 Å². The van der Waals surface area contributed by atoms with Gasteiger partial charge in [-0.15, -0.1) is 0 Å². The quantitative estimate of drug-likeness (QED) is 0.0436. The fourth-order valence-corrected chi connectivity index (χ4v) is 11.6. The maximum absolute atomic E-state index is 14.9. The van der Waals surface area contributed by atoms with E-state index in [1.165, 1.54) is 30.5 Å². The van der Waals surface area contributed by atoms with Crippen molar-refractivity contribution in [2.45, 2.75) is 107 Å². The van der Waals surface area contributed by atoms with Crippen LogP contribution in [0, 0.1) is 11.7 Å². The second-order valence-electron chi connectivity index (χ2n) is 20.3. The normalized spacial score (nSPS) is 20.7. The molecule has 1 fully saturated rings. The number of pyridine rings is 1. The Bertz CT molecular complexity index is 3170. The van der Waals surface area contributed by atoms with Gasteiger partial charge in [-0.2, -0.15) is 0 Å². The number of H-pyrrole nitrogens is 1. The van der Waals surface area contributed by atoms with Gasteiger partial charge in [-0.1, -0.05) is 114 Å². The summed E-state index contributed by atoms with van der Waals surface area (Å²) in [6.07, 6.45) is 5.54. The lowest BCUT2D eigenvalue weighted by Crippen LogP contribution is -2.61. The van der Waals surface area contributed by atoms with Crippen LogP contribution in [-0.4, -0.2) is 124 Å². The number of para-hydroxylation sites is 1. The summed E-state index contributed by atoms with van der Waals surface area (Å²) >= 11 is 0. The largest absolute Gasteiger partial charge is 0.368 e. The van der Waals surface area contributed by atoms with Gasteiger partial charge < -0.3 is 59.4 Å². The second-order valence-corrected chi connectivity index (χ2v) is 22.9. The van der Waals surface area contributed by atoms with E-state index >= 15 is 0 Å². The molecule has 14 N–H and O–H groups in total. The number of aromatic amines is 1. The first-order valence-corrected chi connectivity index (χ1v) is 29.2. The summed E-state index contributed by atoms with van der Waals surface area (Å²) < 4.78 is 13.8. The SMILES string of the molecule is CC(C)[C@@H]1NC(=O)[C@H](CCCCN)NC(=O)[C@@H](Cc2c[nH]c3ccccc23)NC(=O)[C@H](Cc2cccnc2)NC(=O)[C@H](NC(=O)[C@@H](N)Cc2ccc3ccccc3c2)CSSC[C@@H](C(=O)N[C@@H](Cc2ccc(F)cc2)C(N)=O)NC1=O. The Balaban J connectivity index is 1.25. The minimum absolute atomic E-state index is 0.0745. The Morgan fingerprint density at radius 1 is 0.704 bits per heavy atom. The van der Waals surface area contributed by atoms with Gasteiger partial charge in [-0.3, -0.25) is 43.3 Å². The van der Waals surface area contributed by atoms with Crippen molar-refractivity contribution in [3.63, 3.8) is 0 Å². The number of nitrogens with one attached hydrogen (secondary N) is 8. The van der Waals surface area contributed by atoms with Gasteiger partial charge in [0.2, 0.25) is 47.3 Å². The van der Waals surface area contributed by atoms with E-state index in [-0.39, 0.29) is 50.2 Å². The number of unbranched alkanes of at least 4 members (excludes halogenated alkanes) is 1. The zero-order chi connectivity index (χ0) is 58.0. The lowest BCUT2D eigenvalue weighted by molar-refractivity contribution is -0.136. The number of primary amides is 1. The fourth-order valence-electron chi connectivity index (χ4n) is 9.26.